The van der Waals surface area contributed by atoms with Crippen LogP contribution in [0.25, 0.3) is 0 Å². The minimum atomic E-state index is -1.18. The Balaban J connectivity index is 1.68. The first kappa shape index (κ1) is 20.9. The smallest absolute Gasteiger partial charge is 0.326 e. The van der Waals surface area contributed by atoms with Gasteiger partial charge in [-0.25, -0.2) is 4.79 Å². The Morgan fingerprint density at radius 3 is 2.56 bits per heavy atom. The third-order valence-corrected chi connectivity index (χ3v) is 4.47. The van der Waals surface area contributed by atoms with Gasteiger partial charge in [-0.1, -0.05) is 19.3 Å². The number of carbonyl (C=O) groups excluding carboxylic acids is 4. The van der Waals surface area contributed by atoms with E-state index >= 15 is 0 Å². The van der Waals surface area contributed by atoms with Crippen molar-refractivity contribution in [2.24, 2.45) is 0 Å². The summed E-state index contributed by atoms with van der Waals surface area (Å²) in [4.78, 5) is 47.3. The van der Waals surface area contributed by atoms with Gasteiger partial charge in [0.15, 0.2) is 16.5 Å². The lowest BCUT2D eigenvalue weighted by Crippen LogP contribution is -2.48. The number of hydrogen-bond acceptors (Lipinski definition) is 6. The highest BCUT2D eigenvalue weighted by molar-refractivity contribution is 9.10. The van der Waals surface area contributed by atoms with Crippen LogP contribution in [0.4, 0.5) is 4.79 Å². The van der Waals surface area contributed by atoms with Crippen molar-refractivity contribution in [1.82, 2.24) is 16.0 Å². The lowest BCUT2D eigenvalue weighted by atomic mass is 9.96. The number of nitrogens with one attached hydrogen (secondary N) is 3. The zero-order valence-electron chi connectivity index (χ0n) is 14.9. The molecule has 1 fully saturated rings. The third kappa shape index (κ3) is 7.05. The molecule has 1 heterocycles. The van der Waals surface area contributed by atoms with Gasteiger partial charge < -0.3 is 19.8 Å². The molecule has 1 aromatic heterocycles. The fraction of sp³-hybridized carbons (Fsp3) is 0.529. The molecule has 1 atom stereocenters. The Hall–Kier alpha value is -2.36. The summed E-state index contributed by atoms with van der Waals surface area (Å²) < 4.78 is 10.3. The van der Waals surface area contributed by atoms with Crippen molar-refractivity contribution < 1.29 is 28.3 Å². The van der Waals surface area contributed by atoms with Gasteiger partial charge in [-0.15, -0.1) is 0 Å². The monoisotopic (exact) mass is 443 g/mol. The number of urea groups is 1. The standard InChI is InChI=1S/C17H22BrN3O6/c1-10(15(23)21-17(25)20-11-5-3-2-4-6-11)26-14(22)9-19-16(24)12-7-8-13(18)27-12/h7-8,10-11H,2-6,9H2,1H3,(H,19,24)(H2,20,21,23,25)/t10-/m1/s1. The van der Waals surface area contributed by atoms with Crippen LogP contribution in [0.2, 0.25) is 0 Å². The Morgan fingerprint density at radius 1 is 1.22 bits per heavy atom. The van der Waals surface area contributed by atoms with Gasteiger partial charge in [0, 0.05) is 6.04 Å². The number of amides is 4. The van der Waals surface area contributed by atoms with E-state index in [4.69, 9.17) is 9.15 Å². The van der Waals surface area contributed by atoms with Crippen LogP contribution in [0.5, 0.6) is 0 Å². The summed E-state index contributed by atoms with van der Waals surface area (Å²) >= 11 is 3.06. The normalized spacial score (nSPS) is 15.5. The van der Waals surface area contributed by atoms with E-state index in [1.54, 1.807) is 0 Å². The molecular weight excluding hydrogens is 422 g/mol. The molecular formula is C17H22BrN3O6. The maximum atomic E-state index is 11.9. The second-order valence-electron chi connectivity index (χ2n) is 6.22. The van der Waals surface area contributed by atoms with Crippen molar-refractivity contribution in [3.8, 4) is 0 Å². The molecule has 0 radical (unpaired) electrons. The van der Waals surface area contributed by atoms with Crippen molar-refractivity contribution in [3.63, 3.8) is 0 Å². The molecule has 0 spiro atoms. The average molecular weight is 444 g/mol. The first-order valence-corrected chi connectivity index (χ1v) is 9.49. The first-order valence-electron chi connectivity index (χ1n) is 8.69. The van der Waals surface area contributed by atoms with Crippen LogP contribution in [0, 0.1) is 0 Å². The Labute approximate surface area is 164 Å². The van der Waals surface area contributed by atoms with Crippen molar-refractivity contribution >= 4 is 39.7 Å². The Morgan fingerprint density at radius 2 is 1.93 bits per heavy atom. The molecule has 148 valence electrons. The largest absolute Gasteiger partial charge is 0.451 e. The summed E-state index contributed by atoms with van der Waals surface area (Å²) in [6.45, 7) is 0.898. The number of ether oxygens (including phenoxy) is 1. The van der Waals surface area contributed by atoms with Gasteiger partial charge in [-0.3, -0.25) is 19.7 Å². The van der Waals surface area contributed by atoms with Gasteiger partial charge in [0.25, 0.3) is 11.8 Å². The number of hydrogen-bond donors (Lipinski definition) is 3. The van der Waals surface area contributed by atoms with Gasteiger partial charge >= 0.3 is 12.0 Å². The van der Waals surface area contributed by atoms with E-state index in [0.29, 0.717) is 4.67 Å². The fourth-order valence-corrected chi connectivity index (χ4v) is 2.96. The second-order valence-corrected chi connectivity index (χ2v) is 7.00. The molecule has 1 aliphatic rings. The van der Waals surface area contributed by atoms with Gasteiger partial charge in [0.2, 0.25) is 0 Å². The summed E-state index contributed by atoms with van der Waals surface area (Å²) in [5, 5.41) is 7.20. The van der Waals surface area contributed by atoms with E-state index in [-0.39, 0.29) is 11.8 Å². The molecule has 10 heteroatoms. The number of furan rings is 1. The topological polar surface area (TPSA) is 127 Å². The number of rotatable bonds is 6. The fourth-order valence-electron chi connectivity index (χ4n) is 2.65. The van der Waals surface area contributed by atoms with Gasteiger partial charge in [0.1, 0.15) is 6.54 Å². The van der Waals surface area contributed by atoms with Crippen molar-refractivity contribution in [3.05, 3.63) is 22.6 Å². The summed E-state index contributed by atoms with van der Waals surface area (Å²) in [6.07, 6.45) is 3.85. The third-order valence-electron chi connectivity index (χ3n) is 4.04. The zero-order chi connectivity index (χ0) is 19.8. The lowest BCUT2D eigenvalue weighted by Gasteiger charge is -2.23. The van der Waals surface area contributed by atoms with Crippen molar-refractivity contribution in [1.29, 1.82) is 0 Å². The van der Waals surface area contributed by atoms with Crippen LogP contribution in [0.15, 0.2) is 21.2 Å². The van der Waals surface area contributed by atoms with Gasteiger partial charge in [0.05, 0.1) is 0 Å². The van der Waals surface area contributed by atoms with E-state index in [9.17, 15) is 19.2 Å². The molecule has 0 saturated heterocycles. The molecule has 27 heavy (non-hydrogen) atoms. The van der Waals surface area contributed by atoms with E-state index in [1.807, 2.05) is 0 Å². The van der Waals surface area contributed by atoms with Crippen LogP contribution >= 0.6 is 15.9 Å². The zero-order valence-corrected chi connectivity index (χ0v) is 16.5. The summed E-state index contributed by atoms with van der Waals surface area (Å²) in [5.74, 6) is -2.12. The molecule has 1 saturated carbocycles. The maximum Gasteiger partial charge on any atom is 0.326 e. The number of halogens is 1. The Kier molecular flexibility index (Phi) is 7.83. The highest BCUT2D eigenvalue weighted by Gasteiger charge is 2.22. The Bertz CT molecular complexity index is 699. The van der Waals surface area contributed by atoms with E-state index in [1.165, 1.54) is 19.1 Å². The van der Waals surface area contributed by atoms with E-state index < -0.39 is 36.5 Å². The van der Waals surface area contributed by atoms with Gasteiger partial charge in [-0.2, -0.15) is 0 Å². The van der Waals surface area contributed by atoms with Crippen LogP contribution in [-0.4, -0.2) is 42.5 Å². The molecule has 0 unspecified atom stereocenters. The minimum absolute atomic E-state index is 0.0276. The highest BCUT2D eigenvalue weighted by atomic mass is 79.9. The highest BCUT2D eigenvalue weighted by Crippen LogP contribution is 2.17. The molecule has 0 aromatic carbocycles. The van der Waals surface area contributed by atoms with Crippen molar-refractivity contribution in [2.75, 3.05) is 6.54 Å². The number of carbonyl (C=O) groups is 4. The quantitative estimate of drug-likeness (QED) is 0.575. The molecule has 3 N–H and O–H groups in total. The second kappa shape index (κ2) is 10.1. The van der Waals surface area contributed by atoms with Crippen LogP contribution in [-0.2, 0) is 14.3 Å². The van der Waals surface area contributed by atoms with Gasteiger partial charge in [-0.05, 0) is 47.8 Å². The van der Waals surface area contributed by atoms with Crippen LogP contribution < -0.4 is 16.0 Å². The molecule has 9 nitrogen and oxygen atoms in total. The summed E-state index contributed by atoms with van der Waals surface area (Å²) in [5.41, 5.74) is 0. The summed E-state index contributed by atoms with van der Waals surface area (Å²) in [6, 6.07) is 2.43. The average Bonchev–Trinajstić information content (AvgIpc) is 3.06. The molecule has 0 aliphatic heterocycles. The molecule has 1 aliphatic carbocycles. The maximum absolute atomic E-state index is 11.9. The molecule has 1 aromatic rings. The molecule has 0 bridgehead atoms. The van der Waals surface area contributed by atoms with Crippen LogP contribution in [0.1, 0.15) is 49.6 Å². The number of esters is 1. The SMILES string of the molecule is C[C@@H](OC(=O)CNC(=O)c1ccc(Br)o1)C(=O)NC(=O)NC1CCCCC1. The van der Waals surface area contributed by atoms with Crippen molar-refractivity contribution in [2.45, 2.75) is 51.2 Å². The minimum Gasteiger partial charge on any atom is -0.451 e. The lowest BCUT2D eigenvalue weighted by molar-refractivity contribution is -0.153. The first-order chi connectivity index (χ1) is 12.8. The molecule has 4 amide bonds. The predicted molar refractivity (Wildman–Crippen MR) is 97.8 cm³/mol. The van der Waals surface area contributed by atoms with E-state index in [0.717, 1.165) is 32.1 Å². The number of imide groups is 1. The van der Waals surface area contributed by atoms with E-state index in [2.05, 4.69) is 31.9 Å². The van der Waals surface area contributed by atoms with Crippen LogP contribution in [0.3, 0.4) is 0 Å². The predicted octanol–water partition coefficient (Wildman–Crippen LogP) is 1.86. The molecule has 2 rings (SSSR count). The summed E-state index contributed by atoms with van der Waals surface area (Å²) in [7, 11) is 0.